The number of alkyl halides is 5. The highest BCUT2D eigenvalue weighted by Crippen LogP contribution is 2.44. The van der Waals surface area contributed by atoms with Crippen LogP contribution < -0.4 is 0 Å². The second-order valence-corrected chi connectivity index (χ2v) is 13.4. The molecule has 242 valence electrons. The molecule has 2 heterocycles. The van der Waals surface area contributed by atoms with Crippen LogP contribution in [-0.4, -0.2) is 89.4 Å². The summed E-state index contributed by atoms with van der Waals surface area (Å²) in [7, 11) is -6.59. The standard InChI is InChI=1S/C25H36F5NO10S/c1-22(2,3)41-20(34)15-9-5-6-13-31(15)17(32)11-12-23(4)39-16-10-7-8-14(18(16)40-23)19(33)38-21(24(26,27)28)25(29,30)42(35,36)37/h14-16,18,21H,5-13H2,1-4H3,(H,35,36,37). The van der Waals surface area contributed by atoms with Crippen molar-refractivity contribution >= 4 is 28.0 Å². The molecule has 1 N–H and O–H groups in total. The second-order valence-electron chi connectivity index (χ2n) is 11.9. The maximum absolute atomic E-state index is 13.9. The second kappa shape index (κ2) is 12.1. The van der Waals surface area contributed by atoms with E-state index in [9.17, 15) is 44.8 Å². The van der Waals surface area contributed by atoms with E-state index >= 15 is 0 Å². The van der Waals surface area contributed by atoms with Crippen LogP contribution in [0.5, 0.6) is 0 Å². The van der Waals surface area contributed by atoms with E-state index in [0.717, 1.165) is 6.42 Å². The maximum Gasteiger partial charge on any atom is 0.432 e. The van der Waals surface area contributed by atoms with E-state index in [-0.39, 0.29) is 31.6 Å². The maximum atomic E-state index is 13.9. The number of esters is 2. The first-order chi connectivity index (χ1) is 19.1. The van der Waals surface area contributed by atoms with Gasteiger partial charge in [0, 0.05) is 19.4 Å². The number of carbonyl (C=O) groups is 3. The molecular formula is C25H36F5NO10S. The van der Waals surface area contributed by atoms with Gasteiger partial charge in [0.15, 0.2) is 5.79 Å². The summed E-state index contributed by atoms with van der Waals surface area (Å²) >= 11 is 0. The molecule has 6 unspecified atom stereocenters. The van der Waals surface area contributed by atoms with Gasteiger partial charge in [-0.3, -0.25) is 14.1 Å². The Morgan fingerprint density at radius 2 is 1.64 bits per heavy atom. The van der Waals surface area contributed by atoms with Gasteiger partial charge in [0.05, 0.1) is 12.0 Å². The van der Waals surface area contributed by atoms with Crippen molar-refractivity contribution in [1.82, 2.24) is 4.90 Å². The van der Waals surface area contributed by atoms with Crippen molar-refractivity contribution in [3.63, 3.8) is 0 Å². The molecule has 11 nitrogen and oxygen atoms in total. The summed E-state index contributed by atoms with van der Waals surface area (Å²) in [4.78, 5) is 40.0. The van der Waals surface area contributed by atoms with Crippen molar-refractivity contribution in [1.29, 1.82) is 0 Å². The number of ether oxygens (including phenoxy) is 4. The molecule has 42 heavy (non-hydrogen) atoms. The normalized spacial score (nSPS) is 29.9. The number of piperidine rings is 1. The Morgan fingerprint density at radius 1 is 1.00 bits per heavy atom. The van der Waals surface area contributed by atoms with E-state index in [2.05, 4.69) is 4.74 Å². The zero-order chi connectivity index (χ0) is 31.9. The quantitative estimate of drug-likeness (QED) is 0.237. The molecule has 0 aromatic carbocycles. The van der Waals surface area contributed by atoms with Crippen molar-refractivity contribution < 1.29 is 68.3 Å². The first kappa shape index (κ1) is 34.4. The molecule has 6 atom stereocenters. The third kappa shape index (κ3) is 7.88. The number of rotatable bonds is 8. The molecule has 3 aliphatic rings. The lowest BCUT2D eigenvalue weighted by atomic mass is 9.84. The van der Waals surface area contributed by atoms with Crippen molar-refractivity contribution in [3.8, 4) is 0 Å². The Labute approximate surface area is 240 Å². The summed E-state index contributed by atoms with van der Waals surface area (Å²) in [5, 5.41) is -5.86. The molecule has 2 aliphatic heterocycles. The van der Waals surface area contributed by atoms with Crippen molar-refractivity contribution in [2.75, 3.05) is 6.54 Å². The summed E-state index contributed by atoms with van der Waals surface area (Å²) in [5.41, 5.74) is -0.751. The van der Waals surface area contributed by atoms with Crippen LogP contribution in [0, 0.1) is 5.92 Å². The SMILES string of the molecule is CC(C)(C)OC(=O)C1CCCCN1C(=O)CCC1(C)OC2CCCC(C(=O)OC(C(F)(F)F)C(F)(F)S(=O)(=O)O)C2O1. The number of amides is 1. The van der Waals surface area contributed by atoms with Crippen LogP contribution in [0.4, 0.5) is 22.0 Å². The Bertz CT molecular complexity index is 1140. The van der Waals surface area contributed by atoms with E-state index in [4.69, 9.17) is 18.8 Å². The van der Waals surface area contributed by atoms with Gasteiger partial charge in [0.25, 0.3) is 6.10 Å². The van der Waals surface area contributed by atoms with Crippen LogP contribution in [0.3, 0.4) is 0 Å². The number of hydrogen-bond donors (Lipinski definition) is 1. The monoisotopic (exact) mass is 637 g/mol. The van der Waals surface area contributed by atoms with Gasteiger partial charge in [-0.15, -0.1) is 0 Å². The fraction of sp³-hybridized carbons (Fsp3) is 0.880. The summed E-state index contributed by atoms with van der Waals surface area (Å²) in [5.74, 6) is -5.73. The number of carbonyl (C=O) groups excluding carboxylic acids is 3. The predicted octanol–water partition coefficient (Wildman–Crippen LogP) is 3.74. The number of nitrogens with zero attached hydrogens (tertiary/aromatic N) is 1. The lowest BCUT2D eigenvalue weighted by Crippen LogP contribution is -2.53. The summed E-state index contributed by atoms with van der Waals surface area (Å²) in [6.45, 7) is 6.91. The van der Waals surface area contributed by atoms with Crippen molar-refractivity contribution in [2.45, 2.75) is 126 Å². The Balaban J connectivity index is 1.68. The molecule has 3 rings (SSSR count). The molecule has 2 saturated heterocycles. The van der Waals surface area contributed by atoms with Gasteiger partial charge in [0.2, 0.25) is 5.91 Å². The minimum Gasteiger partial charge on any atom is -0.458 e. The highest BCUT2D eigenvalue weighted by Gasteiger charge is 2.66. The molecule has 0 aromatic rings. The highest BCUT2D eigenvalue weighted by molar-refractivity contribution is 7.86. The predicted molar refractivity (Wildman–Crippen MR) is 132 cm³/mol. The fourth-order valence-electron chi connectivity index (χ4n) is 5.40. The van der Waals surface area contributed by atoms with Crippen LogP contribution in [0.1, 0.15) is 79.1 Å². The molecule has 0 aromatic heterocycles. The molecule has 17 heteroatoms. The Kier molecular flexibility index (Phi) is 9.92. The molecule has 3 fully saturated rings. The van der Waals surface area contributed by atoms with Crippen LogP contribution in [0.15, 0.2) is 0 Å². The van der Waals surface area contributed by atoms with Crippen LogP contribution in [-0.2, 0) is 43.4 Å². The first-order valence-electron chi connectivity index (χ1n) is 13.6. The van der Waals surface area contributed by atoms with Gasteiger partial charge < -0.3 is 23.8 Å². The topological polar surface area (TPSA) is 146 Å². The van der Waals surface area contributed by atoms with Crippen molar-refractivity contribution in [2.24, 2.45) is 5.92 Å². The molecule has 1 aliphatic carbocycles. The molecule has 0 spiro atoms. The summed E-state index contributed by atoms with van der Waals surface area (Å²) in [6.07, 6.45) is -10.6. The number of hydrogen-bond acceptors (Lipinski definition) is 9. The minimum atomic E-state index is -6.59. The third-order valence-corrected chi connectivity index (χ3v) is 8.23. The molecule has 1 saturated carbocycles. The van der Waals surface area contributed by atoms with Crippen molar-refractivity contribution in [3.05, 3.63) is 0 Å². The van der Waals surface area contributed by atoms with E-state index in [0.29, 0.717) is 25.8 Å². The average Bonchev–Trinajstić information content (AvgIpc) is 3.19. The molecule has 0 bridgehead atoms. The van der Waals surface area contributed by atoms with E-state index in [1.165, 1.54) is 11.8 Å². The molecular weight excluding hydrogens is 601 g/mol. The summed E-state index contributed by atoms with van der Waals surface area (Å²) in [6, 6.07) is -0.770. The zero-order valence-electron chi connectivity index (χ0n) is 23.6. The van der Waals surface area contributed by atoms with Gasteiger partial charge >= 0.3 is 33.5 Å². The Hall–Kier alpha value is -2.11. The number of likely N-dealkylation sites (tertiary alicyclic amines) is 1. The lowest BCUT2D eigenvalue weighted by Gasteiger charge is -2.36. The fourth-order valence-corrected chi connectivity index (χ4v) is 5.86. The lowest BCUT2D eigenvalue weighted by molar-refractivity contribution is -0.262. The number of halogens is 5. The van der Waals surface area contributed by atoms with Gasteiger partial charge in [0.1, 0.15) is 17.7 Å². The van der Waals surface area contributed by atoms with Gasteiger partial charge in [-0.1, -0.05) is 0 Å². The molecule has 1 amide bonds. The van der Waals surface area contributed by atoms with Crippen LogP contribution >= 0.6 is 0 Å². The van der Waals surface area contributed by atoms with Crippen LogP contribution in [0.25, 0.3) is 0 Å². The van der Waals surface area contributed by atoms with Gasteiger partial charge in [-0.25, -0.2) is 4.79 Å². The largest absolute Gasteiger partial charge is 0.458 e. The highest BCUT2D eigenvalue weighted by atomic mass is 32.2. The van der Waals surface area contributed by atoms with E-state index in [1.807, 2.05) is 0 Å². The average molecular weight is 638 g/mol. The van der Waals surface area contributed by atoms with E-state index < -0.39 is 75.1 Å². The first-order valence-corrected chi connectivity index (χ1v) is 15.0. The molecule has 0 radical (unpaired) electrons. The van der Waals surface area contributed by atoms with Gasteiger partial charge in [-0.2, -0.15) is 30.4 Å². The zero-order valence-corrected chi connectivity index (χ0v) is 24.4. The smallest absolute Gasteiger partial charge is 0.432 e. The summed E-state index contributed by atoms with van der Waals surface area (Å²) < 4.78 is 119. The minimum absolute atomic E-state index is 0.0653. The van der Waals surface area contributed by atoms with Crippen LogP contribution in [0.2, 0.25) is 0 Å². The van der Waals surface area contributed by atoms with E-state index in [1.54, 1.807) is 20.8 Å². The number of fused-ring (bicyclic) bond motifs is 1. The third-order valence-electron chi connectivity index (χ3n) is 7.33. The van der Waals surface area contributed by atoms with Gasteiger partial charge in [-0.05, 0) is 66.2 Å². The Morgan fingerprint density at radius 3 is 2.21 bits per heavy atom.